The number of hydrogen-bond acceptors (Lipinski definition) is 1. The summed E-state index contributed by atoms with van der Waals surface area (Å²) in [6.07, 6.45) is -0.794. The van der Waals surface area contributed by atoms with Gasteiger partial charge in [-0.15, -0.1) is 0 Å². The number of rotatable bonds is 3. The van der Waals surface area contributed by atoms with Gasteiger partial charge in [-0.3, -0.25) is 0 Å². The molecule has 0 atom stereocenters. The van der Waals surface area contributed by atoms with Gasteiger partial charge in [-0.1, -0.05) is 23.7 Å². The SMILES string of the molecule is FC(F)CC1(c2ccc(Cl)cc2)CCNCC1. The summed E-state index contributed by atoms with van der Waals surface area (Å²) in [6.45, 7) is 1.60. The van der Waals surface area contributed by atoms with Gasteiger partial charge in [0.1, 0.15) is 0 Å². The van der Waals surface area contributed by atoms with Crippen LogP contribution >= 0.6 is 11.6 Å². The van der Waals surface area contributed by atoms with E-state index in [0.717, 1.165) is 31.5 Å². The summed E-state index contributed by atoms with van der Waals surface area (Å²) in [4.78, 5) is 0. The van der Waals surface area contributed by atoms with Crippen LogP contribution in [0.4, 0.5) is 8.78 Å². The Morgan fingerprint density at radius 3 is 2.29 bits per heavy atom. The molecule has 0 spiro atoms. The lowest BCUT2D eigenvalue weighted by Gasteiger charge is -2.38. The van der Waals surface area contributed by atoms with E-state index in [1.807, 2.05) is 12.1 Å². The van der Waals surface area contributed by atoms with Crippen molar-refractivity contribution in [3.8, 4) is 0 Å². The van der Waals surface area contributed by atoms with Gasteiger partial charge in [-0.25, -0.2) is 8.78 Å². The molecule has 1 aliphatic rings. The zero-order chi connectivity index (χ0) is 12.3. The molecule has 0 aliphatic carbocycles. The molecule has 0 radical (unpaired) electrons. The normalized spacial score (nSPS) is 19.5. The Morgan fingerprint density at radius 1 is 1.18 bits per heavy atom. The van der Waals surface area contributed by atoms with Gasteiger partial charge in [0, 0.05) is 16.9 Å². The maximum absolute atomic E-state index is 12.8. The van der Waals surface area contributed by atoms with Crippen LogP contribution in [0.25, 0.3) is 0 Å². The van der Waals surface area contributed by atoms with E-state index in [1.165, 1.54) is 0 Å². The standard InChI is InChI=1S/C13H16ClF2N/c14-11-3-1-10(2-4-11)13(9-12(15)16)5-7-17-8-6-13/h1-4,12,17H,5-9H2. The minimum atomic E-state index is -2.26. The van der Waals surface area contributed by atoms with Crippen molar-refractivity contribution in [3.05, 3.63) is 34.9 Å². The monoisotopic (exact) mass is 259 g/mol. The van der Waals surface area contributed by atoms with Crippen LogP contribution in [-0.2, 0) is 5.41 Å². The zero-order valence-corrected chi connectivity index (χ0v) is 10.3. The number of halogens is 3. The summed E-state index contributed by atoms with van der Waals surface area (Å²) >= 11 is 5.84. The predicted molar refractivity (Wildman–Crippen MR) is 65.9 cm³/mol. The van der Waals surface area contributed by atoms with Crippen LogP contribution in [0.3, 0.4) is 0 Å². The second-order valence-corrected chi connectivity index (χ2v) is 5.07. The van der Waals surface area contributed by atoms with Gasteiger partial charge in [0.05, 0.1) is 0 Å². The van der Waals surface area contributed by atoms with Crippen LogP contribution in [0.2, 0.25) is 5.02 Å². The third kappa shape index (κ3) is 2.96. The molecule has 0 bridgehead atoms. The highest BCUT2D eigenvalue weighted by atomic mass is 35.5. The first-order chi connectivity index (χ1) is 8.12. The largest absolute Gasteiger partial charge is 0.317 e. The molecule has 0 aromatic heterocycles. The van der Waals surface area contributed by atoms with E-state index >= 15 is 0 Å². The van der Waals surface area contributed by atoms with Crippen molar-refractivity contribution in [3.63, 3.8) is 0 Å². The summed E-state index contributed by atoms with van der Waals surface area (Å²) < 4.78 is 25.6. The zero-order valence-electron chi connectivity index (χ0n) is 9.56. The summed E-state index contributed by atoms with van der Waals surface area (Å²) in [5.74, 6) is 0. The van der Waals surface area contributed by atoms with Crippen LogP contribution in [0.1, 0.15) is 24.8 Å². The van der Waals surface area contributed by atoms with Crippen molar-refractivity contribution in [2.24, 2.45) is 0 Å². The predicted octanol–water partition coefficient (Wildman–Crippen LogP) is 3.62. The second-order valence-electron chi connectivity index (χ2n) is 4.63. The molecule has 1 N–H and O–H groups in total. The maximum atomic E-state index is 12.8. The van der Waals surface area contributed by atoms with Gasteiger partial charge in [0.25, 0.3) is 0 Å². The summed E-state index contributed by atoms with van der Waals surface area (Å²) in [5.41, 5.74) is 0.605. The van der Waals surface area contributed by atoms with Crippen molar-refractivity contribution in [2.75, 3.05) is 13.1 Å². The van der Waals surface area contributed by atoms with E-state index < -0.39 is 6.43 Å². The molecule has 2 rings (SSSR count). The lowest BCUT2D eigenvalue weighted by Crippen LogP contribution is -2.41. The lowest BCUT2D eigenvalue weighted by molar-refractivity contribution is 0.0900. The first kappa shape index (κ1) is 12.8. The van der Waals surface area contributed by atoms with Gasteiger partial charge >= 0.3 is 0 Å². The molecule has 1 aliphatic heterocycles. The van der Waals surface area contributed by atoms with E-state index in [1.54, 1.807) is 12.1 Å². The van der Waals surface area contributed by atoms with Gasteiger partial charge in [-0.2, -0.15) is 0 Å². The number of alkyl halides is 2. The van der Waals surface area contributed by atoms with Crippen molar-refractivity contribution < 1.29 is 8.78 Å². The van der Waals surface area contributed by atoms with Gasteiger partial charge in [-0.05, 0) is 43.6 Å². The summed E-state index contributed by atoms with van der Waals surface area (Å²) in [7, 11) is 0. The quantitative estimate of drug-likeness (QED) is 0.874. The van der Waals surface area contributed by atoms with E-state index in [-0.39, 0.29) is 11.8 Å². The molecule has 1 saturated heterocycles. The van der Waals surface area contributed by atoms with Crippen molar-refractivity contribution in [1.82, 2.24) is 5.32 Å². The van der Waals surface area contributed by atoms with Crippen LogP contribution in [0.5, 0.6) is 0 Å². The third-order valence-electron chi connectivity index (χ3n) is 3.56. The van der Waals surface area contributed by atoms with Gasteiger partial charge in [0.15, 0.2) is 0 Å². The van der Waals surface area contributed by atoms with Crippen LogP contribution in [0.15, 0.2) is 24.3 Å². The smallest absolute Gasteiger partial charge is 0.239 e. The van der Waals surface area contributed by atoms with Gasteiger partial charge < -0.3 is 5.32 Å². The van der Waals surface area contributed by atoms with E-state index in [4.69, 9.17) is 11.6 Å². The second kappa shape index (κ2) is 5.32. The van der Waals surface area contributed by atoms with E-state index in [2.05, 4.69) is 5.32 Å². The molecule has 1 nitrogen and oxygen atoms in total. The molecule has 1 aromatic rings. The highest BCUT2D eigenvalue weighted by Gasteiger charge is 2.36. The first-order valence-corrected chi connectivity index (χ1v) is 6.25. The minimum absolute atomic E-state index is 0.0592. The molecule has 1 aromatic carbocycles. The Balaban J connectivity index is 2.28. The molecular weight excluding hydrogens is 244 g/mol. The van der Waals surface area contributed by atoms with Crippen molar-refractivity contribution in [1.29, 1.82) is 0 Å². The highest BCUT2D eigenvalue weighted by molar-refractivity contribution is 6.30. The Labute approximate surface area is 105 Å². The molecule has 0 unspecified atom stereocenters. The summed E-state index contributed by atoms with van der Waals surface area (Å²) in [6, 6.07) is 7.34. The van der Waals surface area contributed by atoms with Crippen molar-refractivity contribution >= 4 is 11.6 Å². The van der Waals surface area contributed by atoms with Crippen LogP contribution in [-0.4, -0.2) is 19.5 Å². The average molecular weight is 260 g/mol. The molecule has 17 heavy (non-hydrogen) atoms. The Bertz CT molecular complexity index is 358. The molecule has 1 fully saturated rings. The van der Waals surface area contributed by atoms with E-state index in [0.29, 0.717) is 5.02 Å². The topological polar surface area (TPSA) is 12.0 Å². The number of piperidine rings is 1. The molecule has 0 saturated carbocycles. The fourth-order valence-corrected chi connectivity index (χ4v) is 2.74. The Kier molecular flexibility index (Phi) is 4.00. The average Bonchev–Trinajstić information content (AvgIpc) is 2.30. The number of hydrogen-bond donors (Lipinski definition) is 1. The Morgan fingerprint density at radius 2 is 1.76 bits per heavy atom. The number of benzene rings is 1. The van der Waals surface area contributed by atoms with Gasteiger partial charge in [0.2, 0.25) is 6.43 Å². The molecule has 0 amide bonds. The Hall–Kier alpha value is -0.670. The van der Waals surface area contributed by atoms with Crippen LogP contribution in [0, 0.1) is 0 Å². The fourth-order valence-electron chi connectivity index (χ4n) is 2.61. The van der Waals surface area contributed by atoms with Crippen LogP contribution < -0.4 is 5.32 Å². The minimum Gasteiger partial charge on any atom is -0.317 e. The van der Waals surface area contributed by atoms with E-state index in [9.17, 15) is 8.78 Å². The number of nitrogens with one attached hydrogen (secondary N) is 1. The lowest BCUT2D eigenvalue weighted by atomic mass is 9.71. The molecular formula is C13H16ClF2N. The third-order valence-corrected chi connectivity index (χ3v) is 3.81. The highest BCUT2D eigenvalue weighted by Crippen LogP contribution is 2.39. The summed E-state index contributed by atoms with van der Waals surface area (Å²) in [5, 5.41) is 3.87. The molecule has 4 heteroatoms. The van der Waals surface area contributed by atoms with Crippen molar-refractivity contribution in [2.45, 2.75) is 31.1 Å². The first-order valence-electron chi connectivity index (χ1n) is 5.87. The maximum Gasteiger partial charge on any atom is 0.239 e. The molecule has 1 heterocycles. The molecule has 94 valence electrons. The fraction of sp³-hybridized carbons (Fsp3) is 0.538.